The van der Waals surface area contributed by atoms with Gasteiger partial charge in [0.1, 0.15) is 27.9 Å². The molecule has 0 atom stereocenters. The first-order valence-electron chi connectivity index (χ1n) is 28.9. The number of Topliss-reactive ketones (excluding diaryl/α,β-unsaturated/α-hetero) is 2. The third-order valence-corrected chi connectivity index (χ3v) is 10.9. The number of morpholine rings is 1. The van der Waals surface area contributed by atoms with Crippen LogP contribution >= 0.6 is 0 Å². The van der Waals surface area contributed by atoms with Crippen LogP contribution in [0.25, 0.3) is 0 Å². The van der Waals surface area contributed by atoms with Crippen molar-refractivity contribution in [2.24, 2.45) is 10.8 Å². The summed E-state index contributed by atoms with van der Waals surface area (Å²) in [6, 6.07) is 9.60. The second kappa shape index (κ2) is 40.8. The highest BCUT2D eigenvalue weighted by atomic mass is 16.6. The molecule has 25 nitrogen and oxygen atoms in total. The van der Waals surface area contributed by atoms with E-state index < -0.39 is 47.0 Å². The van der Waals surface area contributed by atoms with Gasteiger partial charge in [-0.15, -0.1) is 0 Å². The van der Waals surface area contributed by atoms with Crippen LogP contribution in [0.3, 0.4) is 0 Å². The Kier molecular flexibility index (Phi) is 36.8. The zero-order chi connectivity index (χ0) is 68.9. The first-order valence-corrected chi connectivity index (χ1v) is 28.9. The molecule has 0 aromatic carbocycles. The van der Waals surface area contributed by atoms with Crippen molar-refractivity contribution in [3.8, 4) is 0 Å². The van der Waals surface area contributed by atoms with E-state index in [-0.39, 0.29) is 17.1 Å². The van der Waals surface area contributed by atoms with E-state index in [4.69, 9.17) is 35.2 Å². The fraction of sp³-hybridized carbons (Fsp3) is 0.508. The first-order chi connectivity index (χ1) is 41.7. The number of carbonyl (C=O) groups excluding carboxylic acids is 7. The van der Waals surface area contributed by atoms with Gasteiger partial charge in [-0.1, -0.05) is 41.5 Å². The number of amides is 3. The molecular formula is C65H99N11O14. The molecule has 7 N–H and O–H groups in total. The standard InChI is InChI=1S/C12H16N2O4.C12H16N2O3.C10H14N2O2.C10H21NO.C7H8N2O2.C7H8N2O.C7H16O/c1-12(2,3)18-11(16)14-9-5-6-13-7-8(9)10(15)17-4;1-8(15)9-7-13-6-5-10(9)14-11(16)17-12(2,3)4;1-10(2,3)14-9(13)12-8-4-6-11-7-5-8;1-10(2,3)4-5-11-6-8-12-9-7-11;1-11-7(10)5-4-9-3-2-6(5)8;1-5(10)6-4-9-3-2-7(6)8;1-7(2,3)5-6-8-4/h5-7H,1-4H3,(H,13,14,16);5-7H,1-4H3,(H,13,14,16);4-7H,1-3H3,(H,11,12,13);4-9H2,1-3H3;2-4H,1H3,(H2,8,9);2-4H,1H3,(H2,8,9);5-6H2,1-4H3. The summed E-state index contributed by atoms with van der Waals surface area (Å²) in [5, 5.41) is 7.60. The van der Waals surface area contributed by atoms with Gasteiger partial charge in [0.25, 0.3) is 0 Å². The van der Waals surface area contributed by atoms with Gasteiger partial charge < -0.3 is 44.6 Å². The Morgan fingerprint density at radius 1 is 0.478 bits per heavy atom. The minimum absolute atomic E-state index is 0.0504. The molecule has 1 fully saturated rings. The van der Waals surface area contributed by atoms with Gasteiger partial charge in [0.05, 0.1) is 49.9 Å². The molecular weight excluding hydrogens is 1160 g/mol. The smallest absolute Gasteiger partial charge is 0.412 e. The van der Waals surface area contributed by atoms with E-state index in [0.717, 1.165) is 39.3 Å². The summed E-state index contributed by atoms with van der Waals surface area (Å²) in [5.74, 6) is -1.25. The SMILES string of the molecule is CC(=O)c1cnccc1N.CC(=O)c1cnccc1NC(=O)OC(C)(C)C.CC(C)(C)CCN1CCOCC1.CC(C)(C)OC(=O)Nc1ccncc1.COC(=O)c1cnccc1N.COC(=O)c1cnccc1NC(=O)OC(C)(C)C.COCCC(C)(C)C. The average Bonchev–Trinajstić information content (AvgIpc) is 3.45. The maximum absolute atomic E-state index is 11.6. The number of nitrogens with one attached hydrogen (secondary N) is 3. The molecule has 0 radical (unpaired) electrons. The van der Waals surface area contributed by atoms with E-state index in [1.54, 1.807) is 97.6 Å². The van der Waals surface area contributed by atoms with E-state index in [9.17, 15) is 33.6 Å². The Balaban J connectivity index is 0.00000104. The van der Waals surface area contributed by atoms with Gasteiger partial charge in [-0.3, -0.25) is 55.4 Å². The highest BCUT2D eigenvalue weighted by molar-refractivity contribution is 6.02. The normalized spacial score (nSPS) is 11.9. The third-order valence-electron chi connectivity index (χ3n) is 10.9. The highest BCUT2D eigenvalue weighted by Crippen LogP contribution is 2.21. The van der Waals surface area contributed by atoms with Crippen LogP contribution in [-0.2, 0) is 33.2 Å². The largest absolute Gasteiger partial charge is 0.465 e. The van der Waals surface area contributed by atoms with E-state index in [1.807, 2.05) is 20.8 Å². The number of methoxy groups -OCH3 is 3. The number of hydrogen-bond acceptors (Lipinski definition) is 22. The number of pyridine rings is 5. The topological polar surface area (TPSA) is 340 Å². The molecule has 0 spiro atoms. The van der Waals surface area contributed by atoms with Gasteiger partial charge in [0.15, 0.2) is 11.6 Å². The number of aromatic nitrogens is 5. The maximum atomic E-state index is 11.6. The lowest BCUT2D eigenvalue weighted by molar-refractivity contribution is 0.0333. The lowest BCUT2D eigenvalue weighted by atomic mass is 9.92. The molecule has 25 heteroatoms. The van der Waals surface area contributed by atoms with Crippen molar-refractivity contribution in [3.05, 3.63) is 121 Å². The minimum Gasteiger partial charge on any atom is -0.465 e. The van der Waals surface area contributed by atoms with E-state index in [2.05, 4.69) is 96.8 Å². The zero-order valence-electron chi connectivity index (χ0n) is 56.4. The second-order valence-corrected chi connectivity index (χ2v) is 25.0. The van der Waals surface area contributed by atoms with Gasteiger partial charge in [0, 0.05) is 106 Å². The number of ether oxygens (including phenoxy) is 7. The molecule has 3 amide bonds. The van der Waals surface area contributed by atoms with Crippen LogP contribution < -0.4 is 27.4 Å². The van der Waals surface area contributed by atoms with Crippen molar-refractivity contribution in [2.45, 2.75) is 147 Å². The summed E-state index contributed by atoms with van der Waals surface area (Å²) in [4.78, 5) is 100. The number of ketones is 2. The van der Waals surface area contributed by atoms with Crippen LogP contribution in [0, 0.1) is 10.8 Å². The van der Waals surface area contributed by atoms with Crippen LogP contribution in [0.5, 0.6) is 0 Å². The van der Waals surface area contributed by atoms with Crippen molar-refractivity contribution in [2.75, 3.05) is 88.2 Å². The van der Waals surface area contributed by atoms with E-state index in [1.165, 1.54) is 90.5 Å². The van der Waals surface area contributed by atoms with Crippen molar-refractivity contribution in [1.29, 1.82) is 0 Å². The summed E-state index contributed by atoms with van der Waals surface area (Å²) in [5.41, 5.74) is 13.7. The molecule has 0 unspecified atom stereocenters. The molecule has 1 aliphatic heterocycles. The molecule has 5 aromatic heterocycles. The second-order valence-electron chi connectivity index (χ2n) is 25.0. The first kappa shape index (κ1) is 81.3. The Hall–Kier alpha value is -8.68. The van der Waals surface area contributed by atoms with Gasteiger partial charge in [-0.2, -0.15) is 0 Å². The average molecular weight is 1260 g/mol. The Morgan fingerprint density at radius 3 is 1.19 bits per heavy atom. The zero-order valence-corrected chi connectivity index (χ0v) is 56.4. The van der Waals surface area contributed by atoms with Gasteiger partial charge in [-0.05, 0) is 143 Å². The fourth-order valence-corrected chi connectivity index (χ4v) is 6.36. The Labute approximate surface area is 531 Å². The van der Waals surface area contributed by atoms with Crippen LogP contribution in [-0.4, -0.2) is 149 Å². The molecule has 1 aliphatic rings. The Bertz CT molecular complexity index is 2960. The molecule has 0 aliphatic carbocycles. The van der Waals surface area contributed by atoms with Crippen LogP contribution in [0.4, 0.5) is 42.8 Å². The highest BCUT2D eigenvalue weighted by Gasteiger charge is 2.21. The molecule has 5 aromatic rings. The molecule has 0 saturated carbocycles. The third kappa shape index (κ3) is 40.7. The number of carbonyl (C=O) groups is 7. The lowest BCUT2D eigenvalue weighted by Gasteiger charge is -2.29. The number of nitrogens with zero attached hydrogens (tertiary/aromatic N) is 6. The van der Waals surface area contributed by atoms with Crippen molar-refractivity contribution in [1.82, 2.24) is 29.8 Å². The quantitative estimate of drug-likeness (QED) is 0.0466. The monoisotopic (exact) mass is 1260 g/mol. The minimum atomic E-state index is -0.640. The summed E-state index contributed by atoms with van der Waals surface area (Å²) >= 11 is 0. The number of esters is 2. The molecule has 6 heterocycles. The molecule has 498 valence electrons. The lowest BCUT2D eigenvalue weighted by Crippen LogP contribution is -2.37. The molecule has 90 heavy (non-hydrogen) atoms. The summed E-state index contributed by atoms with van der Waals surface area (Å²) in [6.45, 7) is 38.6. The van der Waals surface area contributed by atoms with Crippen molar-refractivity contribution < 1.29 is 66.7 Å². The fourth-order valence-electron chi connectivity index (χ4n) is 6.36. The van der Waals surface area contributed by atoms with Crippen LogP contribution in [0.2, 0.25) is 0 Å². The van der Waals surface area contributed by atoms with E-state index >= 15 is 0 Å². The number of rotatable bonds is 11. The van der Waals surface area contributed by atoms with E-state index in [0.29, 0.717) is 56.0 Å². The van der Waals surface area contributed by atoms with Gasteiger partial charge in [0.2, 0.25) is 0 Å². The number of hydrogen-bond donors (Lipinski definition) is 5. The predicted molar refractivity (Wildman–Crippen MR) is 350 cm³/mol. The summed E-state index contributed by atoms with van der Waals surface area (Å²) < 4.78 is 34.5. The Morgan fingerprint density at radius 2 is 0.833 bits per heavy atom. The van der Waals surface area contributed by atoms with Crippen LogP contribution in [0.1, 0.15) is 172 Å². The maximum Gasteiger partial charge on any atom is 0.412 e. The van der Waals surface area contributed by atoms with Crippen molar-refractivity contribution >= 4 is 70.2 Å². The number of nitrogen functional groups attached to an aromatic ring is 2. The van der Waals surface area contributed by atoms with Crippen molar-refractivity contribution in [3.63, 3.8) is 0 Å². The number of nitrogens with two attached hydrogens (primary N) is 2. The predicted octanol–water partition coefficient (Wildman–Crippen LogP) is 12.4. The van der Waals surface area contributed by atoms with Gasteiger partial charge in [-0.25, -0.2) is 24.0 Å². The summed E-state index contributed by atoms with van der Waals surface area (Å²) in [6.07, 6.45) is 15.6. The molecule has 6 rings (SSSR count). The van der Waals surface area contributed by atoms with Crippen LogP contribution in [0.15, 0.2) is 98.4 Å². The van der Waals surface area contributed by atoms with Gasteiger partial charge >= 0.3 is 30.2 Å². The summed E-state index contributed by atoms with van der Waals surface area (Å²) in [7, 11) is 4.30. The molecule has 1 saturated heterocycles. The number of anilines is 5. The molecule has 0 bridgehead atoms.